The summed E-state index contributed by atoms with van der Waals surface area (Å²) in [7, 11) is 1.26. The molecular weight excluding hydrogens is 300 g/mol. The smallest absolute Gasteiger partial charge is 0.141 e. The van der Waals surface area contributed by atoms with Gasteiger partial charge in [0.2, 0.25) is 0 Å². The summed E-state index contributed by atoms with van der Waals surface area (Å²) < 4.78 is 20.5. The van der Waals surface area contributed by atoms with Crippen LogP contribution in [-0.4, -0.2) is 47.8 Å². The molecule has 118 valence electrons. The standard InChI is InChI=1S/C15H20N4O2S/c1-19(2)10-17-14-7-11(18-22(3,4)20)8-15(13(14)9-16)21-12-5-6-12/h7-8,10,12H,3,5-6H2,1-2,4H3,(H,18,20). The minimum atomic E-state index is -2.43. The first-order chi connectivity index (χ1) is 10.3. The average molecular weight is 320 g/mol. The van der Waals surface area contributed by atoms with Crippen molar-refractivity contribution >= 4 is 33.3 Å². The second-order valence-corrected chi connectivity index (χ2v) is 7.83. The molecule has 22 heavy (non-hydrogen) atoms. The second kappa shape index (κ2) is 6.28. The van der Waals surface area contributed by atoms with Crippen LogP contribution < -0.4 is 9.46 Å². The van der Waals surface area contributed by atoms with Gasteiger partial charge in [0.15, 0.2) is 0 Å². The van der Waals surface area contributed by atoms with Gasteiger partial charge < -0.3 is 14.4 Å². The molecule has 0 heterocycles. The number of benzene rings is 1. The highest BCUT2D eigenvalue weighted by Gasteiger charge is 2.25. The van der Waals surface area contributed by atoms with Crippen molar-refractivity contribution in [3.8, 4) is 11.8 Å². The van der Waals surface area contributed by atoms with Crippen LogP contribution >= 0.6 is 0 Å². The van der Waals surface area contributed by atoms with Gasteiger partial charge in [-0.05, 0) is 24.8 Å². The molecule has 1 aliphatic rings. The first-order valence-electron chi connectivity index (χ1n) is 6.84. The van der Waals surface area contributed by atoms with E-state index < -0.39 is 9.71 Å². The van der Waals surface area contributed by atoms with E-state index in [4.69, 9.17) is 4.74 Å². The van der Waals surface area contributed by atoms with Gasteiger partial charge in [0.1, 0.15) is 17.4 Å². The minimum absolute atomic E-state index is 0.152. The third kappa shape index (κ3) is 4.67. The van der Waals surface area contributed by atoms with Gasteiger partial charge in [0.25, 0.3) is 0 Å². The Hall–Kier alpha value is -2.20. The van der Waals surface area contributed by atoms with Gasteiger partial charge in [0.05, 0.1) is 23.8 Å². The van der Waals surface area contributed by atoms with Gasteiger partial charge >= 0.3 is 0 Å². The Morgan fingerprint density at radius 1 is 1.55 bits per heavy atom. The molecule has 1 fully saturated rings. The Kier molecular flexibility index (Phi) is 4.62. The van der Waals surface area contributed by atoms with E-state index in [0.717, 1.165) is 12.8 Å². The number of aliphatic imine (C=N–C) groups is 1. The lowest BCUT2D eigenvalue weighted by molar-refractivity contribution is 0.302. The Labute approximate surface area is 131 Å². The third-order valence-corrected chi connectivity index (χ3v) is 3.44. The van der Waals surface area contributed by atoms with Crippen molar-refractivity contribution in [2.24, 2.45) is 4.99 Å². The molecular formula is C15H20N4O2S. The van der Waals surface area contributed by atoms with Crippen LogP contribution in [-0.2, 0) is 9.71 Å². The highest BCUT2D eigenvalue weighted by molar-refractivity contribution is 8.00. The van der Waals surface area contributed by atoms with Gasteiger partial charge in [-0.2, -0.15) is 5.26 Å². The third-order valence-electron chi connectivity index (χ3n) is 2.77. The Bertz CT molecular complexity index is 729. The maximum absolute atomic E-state index is 11.9. The molecule has 1 aliphatic carbocycles. The molecule has 0 bridgehead atoms. The van der Waals surface area contributed by atoms with Crippen LogP contribution in [0.25, 0.3) is 0 Å². The summed E-state index contributed by atoms with van der Waals surface area (Å²) in [6.07, 6.45) is 5.24. The zero-order chi connectivity index (χ0) is 16.3. The highest BCUT2D eigenvalue weighted by Crippen LogP contribution is 2.36. The maximum Gasteiger partial charge on any atom is 0.141 e. The molecule has 7 heteroatoms. The van der Waals surface area contributed by atoms with Crippen LogP contribution in [0, 0.1) is 11.3 Å². The number of rotatable bonds is 6. The van der Waals surface area contributed by atoms with E-state index in [1.165, 1.54) is 6.26 Å². The highest BCUT2D eigenvalue weighted by atomic mass is 32.2. The fourth-order valence-corrected chi connectivity index (χ4v) is 2.38. The predicted molar refractivity (Wildman–Crippen MR) is 91.5 cm³/mol. The molecule has 0 radical (unpaired) electrons. The van der Waals surface area contributed by atoms with Crippen molar-refractivity contribution in [1.82, 2.24) is 4.90 Å². The molecule has 0 amide bonds. The molecule has 0 spiro atoms. The fraction of sp³-hybridized carbons (Fsp3) is 0.400. The molecule has 1 unspecified atom stereocenters. The topological polar surface area (TPSA) is 77.7 Å². The molecule has 1 saturated carbocycles. The van der Waals surface area contributed by atoms with E-state index >= 15 is 0 Å². The molecule has 6 nitrogen and oxygen atoms in total. The Morgan fingerprint density at radius 2 is 2.23 bits per heavy atom. The Balaban J connectivity index is 2.47. The lowest BCUT2D eigenvalue weighted by Gasteiger charge is -2.14. The van der Waals surface area contributed by atoms with Crippen molar-refractivity contribution in [3.63, 3.8) is 0 Å². The molecule has 1 atom stereocenters. The van der Waals surface area contributed by atoms with Gasteiger partial charge in [-0.25, -0.2) is 9.20 Å². The molecule has 0 saturated heterocycles. The number of hydrogen-bond acceptors (Lipinski definition) is 4. The quantitative estimate of drug-likeness (QED) is 0.494. The van der Waals surface area contributed by atoms with E-state index in [1.807, 2.05) is 14.1 Å². The van der Waals surface area contributed by atoms with Crippen LogP contribution in [0.5, 0.6) is 5.75 Å². The first-order valence-corrected chi connectivity index (χ1v) is 8.97. The molecule has 0 aliphatic heterocycles. The van der Waals surface area contributed by atoms with Crippen LogP contribution in [0.1, 0.15) is 18.4 Å². The largest absolute Gasteiger partial charge is 0.489 e. The van der Waals surface area contributed by atoms with Gasteiger partial charge in [-0.3, -0.25) is 0 Å². The SMILES string of the molecule is C=S(C)(=O)Nc1cc(N=CN(C)C)c(C#N)c(OC2CC2)c1. The van der Waals surface area contributed by atoms with Gasteiger partial charge in [-0.15, -0.1) is 0 Å². The second-order valence-electron chi connectivity index (χ2n) is 5.61. The maximum atomic E-state index is 11.9. The number of hydrogen-bond donors (Lipinski definition) is 1. The number of anilines is 1. The summed E-state index contributed by atoms with van der Waals surface area (Å²) in [5.74, 6) is 4.04. The number of nitrogens with one attached hydrogen (secondary N) is 1. The van der Waals surface area contributed by atoms with Crippen molar-refractivity contribution in [1.29, 1.82) is 5.26 Å². The summed E-state index contributed by atoms with van der Waals surface area (Å²) in [5, 5.41) is 9.41. The predicted octanol–water partition coefficient (Wildman–Crippen LogP) is 1.99. The zero-order valence-electron chi connectivity index (χ0n) is 13.0. The van der Waals surface area contributed by atoms with E-state index in [1.54, 1.807) is 23.4 Å². The average Bonchev–Trinajstić information content (AvgIpc) is 3.18. The normalized spacial score (nSPS) is 16.8. The van der Waals surface area contributed by atoms with Gasteiger partial charge in [-0.1, -0.05) is 0 Å². The monoisotopic (exact) mass is 320 g/mol. The summed E-state index contributed by atoms with van der Waals surface area (Å²) in [6.45, 7) is 0. The molecule has 1 aromatic rings. The van der Waals surface area contributed by atoms with E-state index in [2.05, 4.69) is 21.7 Å². The zero-order valence-corrected chi connectivity index (χ0v) is 13.8. The summed E-state index contributed by atoms with van der Waals surface area (Å²) in [6, 6.07) is 5.49. The van der Waals surface area contributed by atoms with Crippen molar-refractivity contribution < 1.29 is 8.95 Å². The number of nitriles is 1. The lowest BCUT2D eigenvalue weighted by atomic mass is 10.1. The molecule has 1 aromatic carbocycles. The molecule has 0 aromatic heterocycles. The van der Waals surface area contributed by atoms with Crippen LogP contribution in [0.2, 0.25) is 0 Å². The van der Waals surface area contributed by atoms with Crippen LogP contribution in [0.4, 0.5) is 11.4 Å². The number of ether oxygens (including phenoxy) is 1. The van der Waals surface area contributed by atoms with E-state index in [0.29, 0.717) is 22.7 Å². The summed E-state index contributed by atoms with van der Waals surface area (Å²) >= 11 is 0. The summed E-state index contributed by atoms with van der Waals surface area (Å²) in [5.41, 5.74) is 1.42. The summed E-state index contributed by atoms with van der Waals surface area (Å²) in [4.78, 5) is 6.07. The first kappa shape index (κ1) is 16.2. The van der Waals surface area contributed by atoms with E-state index in [9.17, 15) is 9.47 Å². The lowest BCUT2D eigenvalue weighted by Crippen LogP contribution is -2.10. The van der Waals surface area contributed by atoms with Crippen LogP contribution in [0.3, 0.4) is 0 Å². The van der Waals surface area contributed by atoms with Gasteiger partial charge in [0, 0.05) is 36.1 Å². The molecule has 1 N–H and O–H groups in total. The van der Waals surface area contributed by atoms with E-state index in [-0.39, 0.29) is 6.10 Å². The van der Waals surface area contributed by atoms with Crippen molar-refractivity contribution in [2.45, 2.75) is 18.9 Å². The Morgan fingerprint density at radius 3 is 2.73 bits per heavy atom. The minimum Gasteiger partial charge on any atom is -0.489 e. The van der Waals surface area contributed by atoms with Crippen molar-refractivity contribution in [3.05, 3.63) is 17.7 Å². The number of nitrogens with zero attached hydrogens (tertiary/aromatic N) is 3. The molecule has 2 rings (SSSR count). The van der Waals surface area contributed by atoms with Crippen molar-refractivity contribution in [2.75, 3.05) is 25.1 Å². The van der Waals surface area contributed by atoms with Crippen LogP contribution in [0.15, 0.2) is 17.1 Å². The fourth-order valence-electron chi connectivity index (χ4n) is 1.76.